The van der Waals surface area contributed by atoms with Gasteiger partial charge >= 0.3 is 11.9 Å². The number of rotatable bonds is 10. The van der Waals surface area contributed by atoms with E-state index in [0.29, 0.717) is 49.5 Å². The Labute approximate surface area is 303 Å². The van der Waals surface area contributed by atoms with E-state index in [1.54, 1.807) is 6.26 Å². The van der Waals surface area contributed by atoms with E-state index in [-0.39, 0.29) is 42.7 Å². The molecule has 52 heavy (non-hydrogen) atoms. The van der Waals surface area contributed by atoms with Crippen LogP contribution in [-0.4, -0.2) is 101 Å². The van der Waals surface area contributed by atoms with Gasteiger partial charge in [-0.15, -0.1) is 0 Å². The van der Waals surface area contributed by atoms with Gasteiger partial charge in [0.1, 0.15) is 30.2 Å². The van der Waals surface area contributed by atoms with E-state index in [4.69, 9.17) is 23.4 Å². The monoisotopic (exact) mass is 726 g/mol. The largest absolute Gasteiger partial charge is 0.469 e. The highest BCUT2D eigenvalue weighted by Crippen LogP contribution is 2.82. The van der Waals surface area contributed by atoms with Gasteiger partial charge in [-0.25, -0.2) is 4.79 Å². The van der Waals surface area contributed by atoms with Crippen molar-refractivity contribution in [3.63, 3.8) is 0 Å². The normalized spacial score (nSPS) is 47.8. The molecule has 13 heteroatoms. The highest BCUT2D eigenvalue weighted by molar-refractivity contribution is 5.92. The van der Waals surface area contributed by atoms with Crippen LogP contribution in [0.15, 0.2) is 16.7 Å². The molecule has 5 saturated heterocycles. The number of aliphatic hydroxyl groups is 3. The summed E-state index contributed by atoms with van der Waals surface area (Å²) in [5.74, 6) is -2.56. The van der Waals surface area contributed by atoms with Gasteiger partial charge in [0.2, 0.25) is 0 Å². The molecule has 0 radical (unpaired) electrons. The molecular weight excluding hydrogens is 672 g/mol. The van der Waals surface area contributed by atoms with Crippen molar-refractivity contribution in [3.8, 4) is 0 Å². The molecule has 13 nitrogen and oxygen atoms in total. The fourth-order valence-corrected chi connectivity index (χ4v) is 13.7. The minimum atomic E-state index is -1.45. The van der Waals surface area contributed by atoms with E-state index < -0.39 is 75.8 Å². The molecule has 6 heterocycles. The van der Waals surface area contributed by atoms with Crippen molar-refractivity contribution in [2.24, 2.45) is 45.8 Å². The summed E-state index contributed by atoms with van der Waals surface area (Å²) < 4.78 is 31.8. The van der Waals surface area contributed by atoms with Crippen LogP contribution in [0.25, 0.3) is 0 Å². The van der Waals surface area contributed by atoms with Crippen LogP contribution in [-0.2, 0) is 39.8 Å². The first kappa shape index (κ1) is 35.3. The Kier molecular flexibility index (Phi) is 8.02. The lowest BCUT2D eigenvalue weighted by Crippen LogP contribution is -2.77. The fraction of sp³-hybridized carbons (Fsp3) is 0.821. The molecule has 1 aromatic heterocycles. The van der Waals surface area contributed by atoms with Gasteiger partial charge in [0.15, 0.2) is 11.9 Å². The lowest BCUT2D eigenvalue weighted by molar-refractivity contribution is -0.266. The van der Waals surface area contributed by atoms with Gasteiger partial charge in [0, 0.05) is 47.5 Å². The van der Waals surface area contributed by atoms with Gasteiger partial charge in [0.05, 0.1) is 42.5 Å². The van der Waals surface area contributed by atoms with Crippen LogP contribution in [0.3, 0.4) is 0 Å². The predicted octanol–water partition coefficient (Wildman–Crippen LogP) is 1.95. The van der Waals surface area contributed by atoms with Crippen molar-refractivity contribution >= 4 is 17.7 Å². The number of hydrogen-bond donors (Lipinski definition) is 5. The van der Waals surface area contributed by atoms with Gasteiger partial charge < -0.3 is 49.3 Å². The first-order chi connectivity index (χ1) is 24.8. The van der Waals surface area contributed by atoms with E-state index in [1.807, 2.05) is 26.8 Å². The number of ether oxygens (including phenoxy) is 4. The summed E-state index contributed by atoms with van der Waals surface area (Å²) in [7, 11) is 0. The zero-order valence-electron chi connectivity index (χ0n) is 30.6. The smallest absolute Gasteiger partial charge is 0.339 e. The zero-order valence-corrected chi connectivity index (χ0v) is 30.6. The summed E-state index contributed by atoms with van der Waals surface area (Å²) in [5.41, 5.74) is -4.52. The molecule has 0 unspecified atom stereocenters. The summed E-state index contributed by atoms with van der Waals surface area (Å²) in [5, 5.41) is 40.2. The summed E-state index contributed by atoms with van der Waals surface area (Å²) >= 11 is 0. The van der Waals surface area contributed by atoms with Gasteiger partial charge in [-0.3, -0.25) is 9.59 Å². The van der Waals surface area contributed by atoms with Crippen molar-refractivity contribution in [2.45, 2.75) is 127 Å². The SMILES string of the molecule is CC1(C)O[C@H]2[C@@H]3CC[C@@H]4C[C@@]5(C)[C@H](c6ccoc6C[C@H](CCCC[C@@H]6CNCN6)[C@H](O)CO)OC(=O)[C@H]6O[C@]65[C@]5(C)[C@H](O)C(=O)[C@H]1[C@@]2(COC3=O)[C@@H]45. The van der Waals surface area contributed by atoms with Gasteiger partial charge in [-0.2, -0.15) is 0 Å². The number of ketones is 1. The maximum atomic E-state index is 14.7. The first-order valence-corrected chi connectivity index (χ1v) is 19.5. The summed E-state index contributed by atoms with van der Waals surface area (Å²) in [6.07, 6.45) is 2.43. The lowest BCUT2D eigenvalue weighted by Gasteiger charge is -2.68. The highest BCUT2D eigenvalue weighted by Gasteiger charge is 2.92. The standard InChI is InChI=1S/C39H54N2O11/c1-35(2)28-26(44)29(45)37(4)27-20(9-10-23-31(51-35)38(27,28)17-49-33(23)46)14-36(3)30(50-34(47)32-39(36,37)52-32)22-11-12-48-25(22)13-19(24(43)16-42)7-5-6-8-21-15-40-18-41-21/h11-12,19-21,23-24,27-32,40-43,45H,5-10,13-18H2,1-4H3/t19-,20+,21+,23-,24+,27-,28+,29+,30-,31-,32+,36-,37-,38+,39+/m0/s1. The maximum Gasteiger partial charge on any atom is 0.339 e. The topological polar surface area (TPSA) is 189 Å². The van der Waals surface area contributed by atoms with E-state index in [0.717, 1.165) is 32.5 Å². The average Bonchev–Trinajstić information content (AvgIpc) is 3.34. The van der Waals surface area contributed by atoms with Gasteiger partial charge in [-0.1, -0.05) is 26.7 Å². The molecular formula is C39H54N2O11. The molecule has 9 rings (SSSR count). The molecule has 8 aliphatic rings. The quantitative estimate of drug-likeness (QED) is 0.134. The van der Waals surface area contributed by atoms with Crippen LogP contribution in [0.4, 0.5) is 0 Å². The number of epoxide rings is 1. The number of Topliss-reactive ketones (excluding diaryl/α,β-unsaturated/α-hetero) is 1. The Bertz CT molecular complexity index is 1640. The van der Waals surface area contributed by atoms with E-state index in [1.165, 1.54) is 0 Å². The Hall–Kier alpha value is -2.39. The highest BCUT2D eigenvalue weighted by atomic mass is 16.7. The molecule has 1 aromatic rings. The zero-order chi connectivity index (χ0) is 36.6. The second-order valence-electron chi connectivity index (χ2n) is 18.3. The third-order valence-electron chi connectivity index (χ3n) is 15.5. The minimum absolute atomic E-state index is 0.0240. The minimum Gasteiger partial charge on any atom is -0.469 e. The number of hydrogen-bond acceptors (Lipinski definition) is 13. The van der Waals surface area contributed by atoms with Crippen molar-refractivity contribution in [2.75, 3.05) is 26.4 Å². The molecule has 5 N–H and O–H groups in total. The second kappa shape index (κ2) is 11.8. The van der Waals surface area contributed by atoms with Crippen molar-refractivity contribution < 1.29 is 53.1 Å². The third kappa shape index (κ3) is 4.38. The van der Waals surface area contributed by atoms with Crippen molar-refractivity contribution in [3.05, 3.63) is 23.7 Å². The lowest BCUT2D eigenvalue weighted by atomic mass is 9.34. The van der Waals surface area contributed by atoms with Crippen LogP contribution in [0.5, 0.6) is 0 Å². The molecule has 286 valence electrons. The van der Waals surface area contributed by atoms with Gasteiger partial charge in [0.25, 0.3) is 0 Å². The van der Waals surface area contributed by atoms with E-state index in [2.05, 4.69) is 17.6 Å². The number of nitrogens with one attached hydrogen (secondary N) is 2. The molecule has 0 aromatic carbocycles. The van der Waals surface area contributed by atoms with Crippen LogP contribution in [0, 0.1) is 45.8 Å². The Morgan fingerprint density at radius 2 is 1.85 bits per heavy atom. The number of unbranched alkanes of at least 4 members (excludes halogenated alkanes) is 1. The number of cyclic esters (lactones) is 2. The molecule has 0 amide bonds. The predicted molar refractivity (Wildman–Crippen MR) is 181 cm³/mol. The van der Waals surface area contributed by atoms with Gasteiger partial charge in [-0.05, 0) is 69.8 Å². The molecule has 2 bridgehead atoms. The molecule has 2 spiro atoms. The van der Waals surface area contributed by atoms with E-state index in [9.17, 15) is 29.7 Å². The second-order valence-corrected chi connectivity index (χ2v) is 18.3. The molecule has 8 fully saturated rings. The van der Waals surface area contributed by atoms with Crippen LogP contribution in [0.1, 0.15) is 90.1 Å². The fourth-order valence-electron chi connectivity index (χ4n) is 13.7. The summed E-state index contributed by atoms with van der Waals surface area (Å²) in [4.78, 5) is 42.1. The van der Waals surface area contributed by atoms with Crippen molar-refractivity contribution in [1.29, 1.82) is 0 Å². The van der Waals surface area contributed by atoms with Crippen molar-refractivity contribution in [1.82, 2.24) is 10.6 Å². The summed E-state index contributed by atoms with van der Waals surface area (Å²) in [6.45, 7) is 9.13. The Morgan fingerprint density at radius 1 is 1.04 bits per heavy atom. The number of aliphatic hydroxyl groups excluding tert-OH is 3. The number of carbonyl (C=O) groups is 3. The molecule has 5 aliphatic heterocycles. The average molecular weight is 727 g/mol. The Morgan fingerprint density at radius 3 is 2.60 bits per heavy atom. The third-order valence-corrected chi connectivity index (χ3v) is 15.5. The first-order valence-electron chi connectivity index (χ1n) is 19.5. The van der Waals surface area contributed by atoms with Crippen LogP contribution >= 0.6 is 0 Å². The number of esters is 2. The number of carbonyl (C=O) groups excluding carboxylic acids is 3. The Balaban J connectivity index is 1.09. The summed E-state index contributed by atoms with van der Waals surface area (Å²) in [6, 6.07) is 2.25. The van der Waals surface area contributed by atoms with Crippen LogP contribution < -0.4 is 10.6 Å². The molecule has 15 atom stereocenters. The van der Waals surface area contributed by atoms with E-state index >= 15 is 0 Å². The van der Waals surface area contributed by atoms with Crippen LogP contribution in [0.2, 0.25) is 0 Å². The number of furan rings is 1. The molecule has 3 aliphatic carbocycles. The molecule has 3 saturated carbocycles. The maximum absolute atomic E-state index is 14.7.